The maximum absolute atomic E-state index is 12.1. The Morgan fingerprint density at radius 1 is 1.25 bits per heavy atom. The zero-order chi connectivity index (χ0) is 14.5. The molecule has 2 unspecified atom stereocenters. The molecule has 0 aromatic heterocycles. The van der Waals surface area contributed by atoms with Crippen molar-refractivity contribution in [2.45, 2.75) is 43.2 Å². The van der Waals surface area contributed by atoms with Crippen molar-refractivity contribution < 1.29 is 18.3 Å². The van der Waals surface area contributed by atoms with Crippen LogP contribution in [0.2, 0.25) is 0 Å². The molecular weight excluding hydrogens is 332 g/mol. The van der Waals surface area contributed by atoms with Crippen molar-refractivity contribution in [1.82, 2.24) is 5.32 Å². The third-order valence-electron chi connectivity index (χ3n) is 3.34. The first-order valence-corrected chi connectivity index (χ1v) is 7.47. The second kappa shape index (κ2) is 7.02. The molecule has 1 amide bonds. The van der Waals surface area contributed by atoms with Crippen LogP contribution in [0.15, 0.2) is 24.3 Å². The number of halogens is 3. The molecule has 1 aromatic rings. The third kappa shape index (κ3) is 4.16. The quantitative estimate of drug-likeness (QED) is 0.843. The molecule has 1 aliphatic carbocycles. The van der Waals surface area contributed by atoms with E-state index in [1.54, 1.807) is 0 Å². The lowest BCUT2D eigenvalue weighted by atomic mass is 9.95. The molecule has 110 valence electrons. The molecule has 0 heterocycles. The molecule has 1 saturated carbocycles. The number of nitrogens with one attached hydrogen (secondary N) is 1. The van der Waals surface area contributed by atoms with Crippen molar-refractivity contribution in [3.05, 3.63) is 29.8 Å². The van der Waals surface area contributed by atoms with E-state index in [1.807, 2.05) is 0 Å². The predicted octanol–water partition coefficient (Wildman–Crippen LogP) is 3.72. The largest absolute Gasteiger partial charge is 0.435 e. The van der Waals surface area contributed by atoms with Crippen molar-refractivity contribution in [1.29, 1.82) is 0 Å². The summed E-state index contributed by atoms with van der Waals surface area (Å²) in [6.07, 6.45) is 4.27. The van der Waals surface area contributed by atoms with Crippen LogP contribution in [0.5, 0.6) is 5.75 Å². The summed E-state index contributed by atoms with van der Waals surface area (Å²) >= 11 is 3.58. The van der Waals surface area contributed by atoms with Gasteiger partial charge in [0.05, 0.1) is 0 Å². The van der Waals surface area contributed by atoms with E-state index in [0.717, 1.165) is 19.3 Å². The first-order chi connectivity index (χ1) is 9.56. The fourth-order valence-corrected chi connectivity index (χ4v) is 3.01. The molecule has 1 aliphatic rings. The molecule has 0 bridgehead atoms. The topological polar surface area (TPSA) is 38.3 Å². The van der Waals surface area contributed by atoms with Crippen molar-refractivity contribution >= 4 is 21.8 Å². The highest BCUT2D eigenvalue weighted by Gasteiger charge is 2.24. The van der Waals surface area contributed by atoms with Gasteiger partial charge in [-0.3, -0.25) is 4.79 Å². The SMILES string of the molecule is O=C(NC1CCCCC1Br)c1ccc(OC(F)F)cc1. The van der Waals surface area contributed by atoms with Crippen molar-refractivity contribution in [3.8, 4) is 5.75 Å². The van der Waals surface area contributed by atoms with Gasteiger partial charge in [0.2, 0.25) is 0 Å². The van der Waals surface area contributed by atoms with Gasteiger partial charge in [-0.2, -0.15) is 8.78 Å². The molecule has 0 spiro atoms. The minimum atomic E-state index is -2.86. The molecule has 0 aliphatic heterocycles. The maximum atomic E-state index is 12.1. The first kappa shape index (κ1) is 15.2. The Labute approximate surface area is 124 Å². The summed E-state index contributed by atoms with van der Waals surface area (Å²) in [5, 5.41) is 2.97. The second-order valence-electron chi connectivity index (χ2n) is 4.78. The Morgan fingerprint density at radius 3 is 2.50 bits per heavy atom. The van der Waals surface area contributed by atoms with Gasteiger partial charge in [0, 0.05) is 16.4 Å². The van der Waals surface area contributed by atoms with Gasteiger partial charge in [-0.1, -0.05) is 28.8 Å². The van der Waals surface area contributed by atoms with Gasteiger partial charge < -0.3 is 10.1 Å². The predicted molar refractivity (Wildman–Crippen MR) is 75.5 cm³/mol. The zero-order valence-corrected chi connectivity index (χ0v) is 12.4. The summed E-state index contributed by atoms with van der Waals surface area (Å²) in [7, 11) is 0. The maximum Gasteiger partial charge on any atom is 0.387 e. The molecular formula is C14H16BrF2NO2. The third-order valence-corrected chi connectivity index (χ3v) is 4.44. The lowest BCUT2D eigenvalue weighted by molar-refractivity contribution is -0.0498. The molecule has 2 atom stereocenters. The van der Waals surface area contributed by atoms with Crippen LogP contribution in [0.3, 0.4) is 0 Å². The number of hydrogen-bond donors (Lipinski definition) is 1. The van der Waals surface area contributed by atoms with Crippen LogP contribution in [0.25, 0.3) is 0 Å². The van der Waals surface area contributed by atoms with Gasteiger partial charge in [0.25, 0.3) is 5.91 Å². The number of amides is 1. The average Bonchev–Trinajstić information content (AvgIpc) is 2.41. The lowest BCUT2D eigenvalue weighted by Gasteiger charge is -2.28. The van der Waals surface area contributed by atoms with Crippen LogP contribution >= 0.6 is 15.9 Å². The number of rotatable bonds is 4. The molecule has 0 radical (unpaired) electrons. The lowest BCUT2D eigenvalue weighted by Crippen LogP contribution is -2.42. The summed E-state index contributed by atoms with van der Waals surface area (Å²) < 4.78 is 28.3. The molecule has 2 rings (SSSR count). The van der Waals surface area contributed by atoms with Crippen LogP contribution < -0.4 is 10.1 Å². The smallest absolute Gasteiger partial charge is 0.387 e. The number of carbonyl (C=O) groups excluding carboxylic acids is 1. The van der Waals surface area contributed by atoms with E-state index >= 15 is 0 Å². The number of hydrogen-bond acceptors (Lipinski definition) is 2. The van der Waals surface area contributed by atoms with E-state index in [9.17, 15) is 13.6 Å². The highest BCUT2D eigenvalue weighted by atomic mass is 79.9. The van der Waals surface area contributed by atoms with Crippen LogP contribution in [0.1, 0.15) is 36.0 Å². The average molecular weight is 348 g/mol. The normalized spacial score (nSPS) is 22.6. The standard InChI is InChI=1S/C14H16BrF2NO2/c15-11-3-1-2-4-12(11)18-13(19)9-5-7-10(8-6-9)20-14(16)17/h5-8,11-12,14H,1-4H2,(H,18,19). The van der Waals surface area contributed by atoms with Crippen LogP contribution in [0.4, 0.5) is 8.78 Å². The molecule has 1 fully saturated rings. The van der Waals surface area contributed by atoms with Gasteiger partial charge in [-0.05, 0) is 37.1 Å². The fourth-order valence-electron chi connectivity index (χ4n) is 2.29. The van der Waals surface area contributed by atoms with Gasteiger partial charge in [-0.25, -0.2) is 0 Å². The van der Waals surface area contributed by atoms with Crippen molar-refractivity contribution in [2.75, 3.05) is 0 Å². The van der Waals surface area contributed by atoms with E-state index in [1.165, 1.54) is 30.7 Å². The van der Waals surface area contributed by atoms with Crippen molar-refractivity contribution in [2.24, 2.45) is 0 Å². The minimum Gasteiger partial charge on any atom is -0.435 e. The summed E-state index contributed by atoms with van der Waals surface area (Å²) in [5.41, 5.74) is 0.442. The minimum absolute atomic E-state index is 0.0487. The van der Waals surface area contributed by atoms with E-state index in [4.69, 9.17) is 0 Å². The van der Waals surface area contributed by atoms with Crippen LogP contribution in [-0.2, 0) is 0 Å². The Bertz CT molecular complexity index is 453. The number of carbonyl (C=O) groups is 1. The summed E-state index contributed by atoms with van der Waals surface area (Å²) in [6, 6.07) is 5.83. The van der Waals surface area contributed by atoms with E-state index in [2.05, 4.69) is 26.0 Å². The zero-order valence-electron chi connectivity index (χ0n) is 10.8. The van der Waals surface area contributed by atoms with Gasteiger partial charge in [-0.15, -0.1) is 0 Å². The Morgan fingerprint density at radius 2 is 1.90 bits per heavy atom. The number of alkyl halides is 3. The molecule has 6 heteroatoms. The summed E-state index contributed by atoms with van der Waals surface area (Å²) in [6.45, 7) is -2.86. The Hall–Kier alpha value is -1.17. The highest BCUT2D eigenvalue weighted by molar-refractivity contribution is 9.09. The van der Waals surface area contributed by atoms with E-state index < -0.39 is 6.61 Å². The van der Waals surface area contributed by atoms with Gasteiger partial charge >= 0.3 is 6.61 Å². The summed E-state index contributed by atoms with van der Waals surface area (Å²) in [5.74, 6) is -0.141. The Kier molecular flexibility index (Phi) is 5.34. The van der Waals surface area contributed by atoms with Gasteiger partial charge in [0.1, 0.15) is 5.75 Å². The Balaban J connectivity index is 1.95. The van der Waals surface area contributed by atoms with Gasteiger partial charge in [0.15, 0.2) is 0 Å². The number of ether oxygens (including phenoxy) is 1. The van der Waals surface area contributed by atoms with Crippen molar-refractivity contribution in [3.63, 3.8) is 0 Å². The van der Waals surface area contributed by atoms with E-state index in [-0.39, 0.29) is 17.7 Å². The first-order valence-electron chi connectivity index (χ1n) is 6.56. The molecule has 1 N–H and O–H groups in total. The second-order valence-corrected chi connectivity index (χ2v) is 5.96. The molecule has 0 saturated heterocycles. The molecule has 3 nitrogen and oxygen atoms in total. The highest BCUT2D eigenvalue weighted by Crippen LogP contribution is 2.25. The fraction of sp³-hybridized carbons (Fsp3) is 0.500. The molecule has 20 heavy (non-hydrogen) atoms. The monoisotopic (exact) mass is 347 g/mol. The molecule has 1 aromatic carbocycles. The number of benzene rings is 1. The summed E-state index contributed by atoms with van der Waals surface area (Å²) in [4.78, 5) is 12.4. The van der Waals surface area contributed by atoms with E-state index in [0.29, 0.717) is 10.4 Å². The van der Waals surface area contributed by atoms with Crippen LogP contribution in [-0.4, -0.2) is 23.4 Å². The van der Waals surface area contributed by atoms with Crippen LogP contribution in [0, 0.1) is 0 Å².